The van der Waals surface area contributed by atoms with Crippen LogP contribution in [-0.2, 0) is 19.4 Å². The minimum absolute atomic E-state index is 0.714. The lowest BCUT2D eigenvalue weighted by molar-refractivity contribution is 0.700. The number of nitrogens with zero attached hydrogens (tertiary/aromatic N) is 4. The number of hydrogen-bond donors (Lipinski definition) is 1. The van der Waals surface area contributed by atoms with Crippen LogP contribution in [0.5, 0.6) is 0 Å². The number of anilines is 1. The zero-order chi connectivity index (χ0) is 18.1. The molecule has 0 aromatic carbocycles. The molecule has 4 aromatic rings. The molecule has 5 nitrogen and oxygen atoms in total. The van der Waals surface area contributed by atoms with Gasteiger partial charge in [0, 0.05) is 41.8 Å². The Morgan fingerprint density at radius 1 is 0.963 bits per heavy atom. The van der Waals surface area contributed by atoms with Gasteiger partial charge in [0.15, 0.2) is 5.82 Å². The summed E-state index contributed by atoms with van der Waals surface area (Å²) < 4.78 is 0. The molecule has 0 saturated heterocycles. The molecule has 27 heavy (non-hydrogen) atoms. The lowest BCUT2D eigenvalue weighted by Crippen LogP contribution is -2.05. The maximum Gasteiger partial charge on any atom is 0.164 e. The van der Waals surface area contributed by atoms with Crippen molar-refractivity contribution in [3.8, 4) is 11.4 Å². The Balaban J connectivity index is 1.62. The van der Waals surface area contributed by atoms with Crippen LogP contribution in [0.1, 0.15) is 28.8 Å². The van der Waals surface area contributed by atoms with Gasteiger partial charge in [-0.2, -0.15) is 0 Å². The van der Waals surface area contributed by atoms with Crippen molar-refractivity contribution < 1.29 is 0 Å². The molecule has 5 rings (SSSR count). The zero-order valence-corrected chi connectivity index (χ0v) is 15.7. The third-order valence-electron chi connectivity index (χ3n) is 4.94. The van der Waals surface area contributed by atoms with Gasteiger partial charge in [-0.1, -0.05) is 0 Å². The molecule has 1 N–H and O–H groups in total. The summed E-state index contributed by atoms with van der Waals surface area (Å²) in [5, 5.41) is 4.76. The molecule has 134 valence electrons. The molecule has 0 unspecified atom stereocenters. The first-order chi connectivity index (χ1) is 13.4. The van der Waals surface area contributed by atoms with Crippen molar-refractivity contribution in [3.05, 3.63) is 65.1 Å². The number of fused-ring (bicyclic) bond motifs is 3. The number of nitrogens with one attached hydrogen (secondary N) is 1. The van der Waals surface area contributed by atoms with E-state index in [1.807, 2.05) is 54.2 Å². The fourth-order valence-electron chi connectivity index (χ4n) is 3.60. The Labute approximate surface area is 161 Å². The highest BCUT2D eigenvalue weighted by Gasteiger charge is 2.21. The van der Waals surface area contributed by atoms with Crippen LogP contribution in [0.25, 0.3) is 21.6 Å². The fourth-order valence-corrected chi connectivity index (χ4v) is 4.86. The van der Waals surface area contributed by atoms with Crippen molar-refractivity contribution in [2.45, 2.75) is 32.2 Å². The normalized spacial score (nSPS) is 13.5. The summed E-state index contributed by atoms with van der Waals surface area (Å²) >= 11 is 1.82. The lowest BCUT2D eigenvalue weighted by atomic mass is 9.97. The third kappa shape index (κ3) is 3.17. The van der Waals surface area contributed by atoms with E-state index in [-0.39, 0.29) is 0 Å². The van der Waals surface area contributed by atoms with E-state index < -0.39 is 0 Å². The molecule has 0 saturated carbocycles. The third-order valence-corrected chi connectivity index (χ3v) is 6.13. The van der Waals surface area contributed by atoms with Gasteiger partial charge >= 0.3 is 0 Å². The van der Waals surface area contributed by atoms with Crippen molar-refractivity contribution >= 4 is 27.4 Å². The zero-order valence-electron chi connectivity index (χ0n) is 14.9. The van der Waals surface area contributed by atoms with Crippen molar-refractivity contribution in [2.75, 3.05) is 5.32 Å². The highest BCUT2D eigenvalue weighted by Crippen LogP contribution is 2.39. The van der Waals surface area contributed by atoms with E-state index in [1.54, 1.807) is 6.20 Å². The van der Waals surface area contributed by atoms with E-state index in [4.69, 9.17) is 9.97 Å². The Hall–Kier alpha value is -2.86. The first-order valence-electron chi connectivity index (χ1n) is 9.24. The van der Waals surface area contributed by atoms with E-state index in [1.165, 1.54) is 34.2 Å². The van der Waals surface area contributed by atoms with E-state index >= 15 is 0 Å². The lowest BCUT2D eigenvalue weighted by Gasteiger charge is -2.13. The molecule has 6 heteroatoms. The van der Waals surface area contributed by atoms with Crippen LogP contribution in [0.4, 0.5) is 5.82 Å². The van der Waals surface area contributed by atoms with E-state index in [2.05, 4.69) is 15.3 Å². The quantitative estimate of drug-likeness (QED) is 0.565. The molecule has 0 bridgehead atoms. The van der Waals surface area contributed by atoms with Gasteiger partial charge in [-0.05, 0) is 61.1 Å². The summed E-state index contributed by atoms with van der Waals surface area (Å²) in [6, 6.07) is 7.98. The number of pyridine rings is 2. The molecule has 0 spiro atoms. The van der Waals surface area contributed by atoms with Crippen molar-refractivity contribution in [2.24, 2.45) is 0 Å². The Morgan fingerprint density at radius 2 is 1.85 bits per heavy atom. The predicted molar refractivity (Wildman–Crippen MR) is 109 cm³/mol. The predicted octanol–water partition coefficient (Wildman–Crippen LogP) is 4.64. The summed E-state index contributed by atoms with van der Waals surface area (Å²) in [5.41, 5.74) is 3.57. The largest absolute Gasteiger partial charge is 0.365 e. The van der Waals surface area contributed by atoms with Gasteiger partial charge in [0.05, 0.1) is 5.39 Å². The first-order valence-corrected chi connectivity index (χ1v) is 10.1. The van der Waals surface area contributed by atoms with Gasteiger partial charge in [-0.25, -0.2) is 9.97 Å². The number of aromatic nitrogens is 4. The molecule has 1 aliphatic rings. The van der Waals surface area contributed by atoms with Crippen molar-refractivity contribution in [3.63, 3.8) is 0 Å². The number of aryl methyl sites for hydroxylation is 2. The van der Waals surface area contributed by atoms with Gasteiger partial charge in [-0.15, -0.1) is 11.3 Å². The molecular weight excluding hydrogens is 354 g/mol. The molecule has 4 aromatic heterocycles. The number of rotatable bonds is 4. The minimum Gasteiger partial charge on any atom is -0.365 e. The van der Waals surface area contributed by atoms with Crippen LogP contribution in [0.2, 0.25) is 0 Å². The highest BCUT2D eigenvalue weighted by atomic mass is 32.1. The summed E-state index contributed by atoms with van der Waals surface area (Å²) in [6.07, 6.45) is 12.0. The number of hydrogen-bond acceptors (Lipinski definition) is 6. The topological polar surface area (TPSA) is 63.6 Å². The molecule has 1 aliphatic carbocycles. The first kappa shape index (κ1) is 16.3. The highest BCUT2D eigenvalue weighted by molar-refractivity contribution is 7.19. The fraction of sp³-hybridized carbons (Fsp3) is 0.238. The molecule has 0 radical (unpaired) electrons. The molecule has 0 atom stereocenters. The van der Waals surface area contributed by atoms with Gasteiger partial charge in [0.2, 0.25) is 0 Å². The van der Waals surface area contributed by atoms with Gasteiger partial charge in [0.1, 0.15) is 10.6 Å². The van der Waals surface area contributed by atoms with Crippen molar-refractivity contribution in [1.29, 1.82) is 0 Å². The SMILES string of the molecule is c1cncc(-c2nc(NCc3ccncc3)c3c4c(sc3n2)CCCC4)c1. The molecular formula is C21H19N5S. The average molecular weight is 373 g/mol. The monoisotopic (exact) mass is 373 g/mol. The van der Waals surface area contributed by atoms with Gasteiger partial charge in [0.25, 0.3) is 0 Å². The van der Waals surface area contributed by atoms with E-state index in [0.29, 0.717) is 6.54 Å². The van der Waals surface area contributed by atoms with Crippen LogP contribution in [0, 0.1) is 0 Å². The summed E-state index contributed by atoms with van der Waals surface area (Å²) in [6.45, 7) is 0.714. The van der Waals surface area contributed by atoms with Crippen LogP contribution < -0.4 is 5.32 Å². The van der Waals surface area contributed by atoms with Gasteiger partial charge in [-0.3, -0.25) is 9.97 Å². The van der Waals surface area contributed by atoms with Crippen LogP contribution in [-0.4, -0.2) is 19.9 Å². The molecule has 4 heterocycles. The van der Waals surface area contributed by atoms with Crippen molar-refractivity contribution in [1.82, 2.24) is 19.9 Å². The Kier molecular flexibility index (Phi) is 4.26. The minimum atomic E-state index is 0.714. The molecule has 0 fully saturated rings. The second kappa shape index (κ2) is 7.04. The van der Waals surface area contributed by atoms with E-state index in [9.17, 15) is 0 Å². The van der Waals surface area contributed by atoms with Crippen LogP contribution in [0.15, 0.2) is 49.1 Å². The van der Waals surface area contributed by atoms with Crippen LogP contribution in [0.3, 0.4) is 0 Å². The van der Waals surface area contributed by atoms with E-state index in [0.717, 1.165) is 34.9 Å². The molecule has 0 amide bonds. The second-order valence-corrected chi connectivity index (χ2v) is 7.82. The smallest absolute Gasteiger partial charge is 0.164 e. The second-order valence-electron chi connectivity index (χ2n) is 6.74. The summed E-state index contributed by atoms with van der Waals surface area (Å²) in [4.78, 5) is 20.6. The summed E-state index contributed by atoms with van der Waals surface area (Å²) in [5.74, 6) is 1.65. The number of thiophene rings is 1. The maximum absolute atomic E-state index is 4.90. The molecule has 0 aliphatic heterocycles. The maximum atomic E-state index is 4.90. The Morgan fingerprint density at radius 3 is 2.70 bits per heavy atom. The van der Waals surface area contributed by atoms with Gasteiger partial charge < -0.3 is 5.32 Å². The average Bonchev–Trinajstić information content (AvgIpc) is 3.12. The summed E-state index contributed by atoms with van der Waals surface area (Å²) in [7, 11) is 0. The van der Waals surface area contributed by atoms with Crippen LogP contribution >= 0.6 is 11.3 Å². The Bertz CT molecular complexity index is 1080. The standard InChI is InChI=1S/C21H19N5S/c1-2-6-17-16(5-1)18-20(24-12-14-7-10-22-11-8-14)25-19(26-21(18)27-17)15-4-3-9-23-13-15/h3-4,7-11,13H,1-2,5-6,12H2,(H,24,25,26).